The number of aliphatic hydroxyl groups is 1. The van der Waals surface area contributed by atoms with Crippen molar-refractivity contribution in [3.05, 3.63) is 23.8 Å². The number of ether oxygens (including phenoxy) is 2. The molecule has 22 heavy (non-hydrogen) atoms. The van der Waals surface area contributed by atoms with Crippen LogP contribution >= 0.6 is 0 Å². The molecule has 0 saturated heterocycles. The Kier molecular flexibility index (Phi) is 7.70. The molecule has 0 bridgehead atoms. The van der Waals surface area contributed by atoms with Crippen molar-refractivity contribution in [2.24, 2.45) is 0 Å². The van der Waals surface area contributed by atoms with Crippen LogP contribution in [0.4, 0.5) is 0 Å². The van der Waals surface area contributed by atoms with E-state index in [-0.39, 0.29) is 6.42 Å². The zero-order valence-electron chi connectivity index (χ0n) is 13.4. The number of nitrogens with zero attached hydrogens (tertiary/aromatic N) is 1. The average Bonchev–Trinajstić information content (AvgIpc) is 2.53. The quantitative estimate of drug-likeness (QED) is 0.687. The first-order chi connectivity index (χ1) is 10.5. The van der Waals surface area contributed by atoms with E-state index < -0.39 is 12.1 Å². The van der Waals surface area contributed by atoms with Gasteiger partial charge in [0.1, 0.15) is 11.5 Å². The van der Waals surface area contributed by atoms with E-state index in [1.165, 1.54) is 0 Å². The highest BCUT2D eigenvalue weighted by molar-refractivity contribution is 5.66. The van der Waals surface area contributed by atoms with Crippen molar-refractivity contribution >= 4 is 5.97 Å². The second-order valence-corrected chi connectivity index (χ2v) is 4.99. The van der Waals surface area contributed by atoms with Gasteiger partial charge in [-0.3, -0.25) is 4.79 Å². The Bertz CT molecular complexity index is 478. The predicted octanol–water partition coefficient (Wildman–Crippen LogP) is 1.92. The van der Waals surface area contributed by atoms with Gasteiger partial charge in [0.25, 0.3) is 0 Å². The largest absolute Gasteiger partial charge is 0.497 e. The van der Waals surface area contributed by atoms with Gasteiger partial charge in [0, 0.05) is 24.7 Å². The van der Waals surface area contributed by atoms with Gasteiger partial charge in [-0.05, 0) is 25.1 Å². The Hall–Kier alpha value is -1.79. The lowest BCUT2D eigenvalue weighted by Crippen LogP contribution is -2.28. The first-order valence-electron chi connectivity index (χ1n) is 7.35. The molecule has 2 N–H and O–H groups in total. The molecule has 0 aliphatic heterocycles. The summed E-state index contributed by atoms with van der Waals surface area (Å²) < 4.78 is 10.4. The summed E-state index contributed by atoms with van der Waals surface area (Å²) in [6.45, 7) is 3.83. The molecule has 124 valence electrons. The minimum atomic E-state index is -0.809. The number of hydrogen-bond donors (Lipinski definition) is 2. The van der Waals surface area contributed by atoms with Gasteiger partial charge in [0.2, 0.25) is 0 Å². The lowest BCUT2D eigenvalue weighted by atomic mass is 10.0. The van der Waals surface area contributed by atoms with Gasteiger partial charge < -0.3 is 24.6 Å². The van der Waals surface area contributed by atoms with E-state index in [1.54, 1.807) is 32.4 Å². The number of benzene rings is 1. The van der Waals surface area contributed by atoms with Gasteiger partial charge in [-0.15, -0.1) is 0 Å². The molecule has 0 aromatic heterocycles. The third-order valence-corrected chi connectivity index (χ3v) is 3.61. The molecule has 1 aromatic rings. The number of carboxylic acid groups (broad SMARTS) is 1. The van der Waals surface area contributed by atoms with Gasteiger partial charge in [0.05, 0.1) is 26.7 Å². The fraction of sp³-hybridized carbons (Fsp3) is 0.562. The number of carboxylic acids is 1. The topological polar surface area (TPSA) is 79.2 Å². The van der Waals surface area contributed by atoms with Gasteiger partial charge in [0.15, 0.2) is 0 Å². The SMILES string of the molecule is CCN(CCC(=O)O)CCC(O)c1ccc(OC)cc1OC. The molecule has 1 rings (SSSR count). The molecule has 0 saturated carbocycles. The van der Waals surface area contributed by atoms with Crippen molar-refractivity contribution in [1.29, 1.82) is 0 Å². The zero-order chi connectivity index (χ0) is 16.5. The van der Waals surface area contributed by atoms with Crippen LogP contribution in [0.5, 0.6) is 11.5 Å². The molecule has 1 unspecified atom stereocenters. The summed E-state index contributed by atoms with van der Waals surface area (Å²) in [5, 5.41) is 19.1. The highest BCUT2D eigenvalue weighted by Gasteiger charge is 2.16. The first kappa shape index (κ1) is 18.3. The first-order valence-corrected chi connectivity index (χ1v) is 7.35. The van der Waals surface area contributed by atoms with Crippen LogP contribution in [-0.2, 0) is 4.79 Å². The molecule has 0 heterocycles. The summed E-state index contributed by atoms with van der Waals surface area (Å²) in [4.78, 5) is 12.6. The normalized spacial score (nSPS) is 12.2. The molecule has 0 aliphatic rings. The summed E-state index contributed by atoms with van der Waals surface area (Å²) in [6, 6.07) is 5.31. The highest BCUT2D eigenvalue weighted by Crippen LogP contribution is 2.31. The molecular formula is C16H25NO5. The Morgan fingerprint density at radius 1 is 1.27 bits per heavy atom. The lowest BCUT2D eigenvalue weighted by molar-refractivity contribution is -0.137. The number of rotatable bonds is 10. The van der Waals surface area contributed by atoms with Crippen molar-refractivity contribution < 1.29 is 24.5 Å². The molecule has 0 aliphatic carbocycles. The van der Waals surface area contributed by atoms with Crippen LogP contribution < -0.4 is 9.47 Å². The van der Waals surface area contributed by atoms with E-state index in [2.05, 4.69) is 0 Å². The number of carbonyl (C=O) groups is 1. The minimum Gasteiger partial charge on any atom is -0.497 e. The van der Waals surface area contributed by atoms with E-state index in [4.69, 9.17) is 14.6 Å². The smallest absolute Gasteiger partial charge is 0.304 e. The third kappa shape index (κ3) is 5.54. The van der Waals surface area contributed by atoms with E-state index in [1.807, 2.05) is 11.8 Å². The third-order valence-electron chi connectivity index (χ3n) is 3.61. The Balaban J connectivity index is 2.64. The van der Waals surface area contributed by atoms with Gasteiger partial charge in [-0.25, -0.2) is 0 Å². The molecule has 0 fully saturated rings. The fourth-order valence-electron chi connectivity index (χ4n) is 2.24. The van der Waals surface area contributed by atoms with Crippen LogP contribution in [0.2, 0.25) is 0 Å². The molecule has 1 aromatic carbocycles. The van der Waals surface area contributed by atoms with E-state index >= 15 is 0 Å². The second-order valence-electron chi connectivity index (χ2n) is 4.99. The monoisotopic (exact) mass is 311 g/mol. The van der Waals surface area contributed by atoms with Crippen molar-refractivity contribution in [2.75, 3.05) is 33.9 Å². The second kappa shape index (κ2) is 9.27. The van der Waals surface area contributed by atoms with Crippen molar-refractivity contribution in [3.63, 3.8) is 0 Å². The lowest BCUT2D eigenvalue weighted by Gasteiger charge is -2.22. The summed E-state index contributed by atoms with van der Waals surface area (Å²) in [6.07, 6.45) is -0.0499. The maximum absolute atomic E-state index is 10.6. The van der Waals surface area contributed by atoms with E-state index in [9.17, 15) is 9.90 Å². The maximum Gasteiger partial charge on any atom is 0.304 e. The molecule has 6 heteroatoms. The highest BCUT2D eigenvalue weighted by atomic mass is 16.5. The minimum absolute atomic E-state index is 0.107. The molecular weight excluding hydrogens is 286 g/mol. The average molecular weight is 311 g/mol. The molecule has 0 spiro atoms. The number of methoxy groups -OCH3 is 2. The van der Waals surface area contributed by atoms with Crippen LogP contribution in [-0.4, -0.2) is 54.9 Å². The maximum atomic E-state index is 10.6. The van der Waals surface area contributed by atoms with Crippen LogP contribution in [0.15, 0.2) is 18.2 Å². The number of hydrogen-bond acceptors (Lipinski definition) is 5. The fourth-order valence-corrected chi connectivity index (χ4v) is 2.24. The summed E-state index contributed by atoms with van der Waals surface area (Å²) in [5.41, 5.74) is 0.706. The predicted molar refractivity (Wildman–Crippen MR) is 83.5 cm³/mol. The van der Waals surface area contributed by atoms with E-state index in [0.29, 0.717) is 36.6 Å². The van der Waals surface area contributed by atoms with Crippen molar-refractivity contribution in [1.82, 2.24) is 4.90 Å². The summed E-state index contributed by atoms with van der Waals surface area (Å²) in [7, 11) is 3.13. The van der Waals surface area contributed by atoms with Crippen LogP contribution in [0.25, 0.3) is 0 Å². The van der Waals surface area contributed by atoms with Crippen molar-refractivity contribution in [2.45, 2.75) is 25.9 Å². The number of aliphatic carboxylic acids is 1. The van der Waals surface area contributed by atoms with Crippen LogP contribution in [0, 0.1) is 0 Å². The zero-order valence-corrected chi connectivity index (χ0v) is 13.4. The van der Waals surface area contributed by atoms with Crippen molar-refractivity contribution in [3.8, 4) is 11.5 Å². The van der Waals surface area contributed by atoms with Gasteiger partial charge >= 0.3 is 5.97 Å². The molecule has 6 nitrogen and oxygen atoms in total. The Morgan fingerprint density at radius 3 is 2.55 bits per heavy atom. The van der Waals surface area contributed by atoms with Crippen LogP contribution in [0.1, 0.15) is 31.4 Å². The standard InChI is InChI=1S/C16H25NO5/c1-4-17(10-8-16(19)20)9-7-14(18)13-6-5-12(21-2)11-15(13)22-3/h5-6,11,14,18H,4,7-10H2,1-3H3,(H,19,20). The summed E-state index contributed by atoms with van der Waals surface area (Å²) >= 11 is 0. The molecule has 0 radical (unpaired) electrons. The molecule has 0 amide bonds. The van der Waals surface area contributed by atoms with E-state index in [0.717, 1.165) is 6.54 Å². The summed E-state index contributed by atoms with van der Waals surface area (Å²) in [5.74, 6) is 0.445. The van der Waals surface area contributed by atoms with Crippen LogP contribution in [0.3, 0.4) is 0 Å². The number of aliphatic hydroxyl groups excluding tert-OH is 1. The van der Waals surface area contributed by atoms with Gasteiger partial charge in [-0.2, -0.15) is 0 Å². The Morgan fingerprint density at radius 2 is 2.00 bits per heavy atom. The van der Waals surface area contributed by atoms with Gasteiger partial charge in [-0.1, -0.05) is 6.92 Å². The Labute approximate surface area is 131 Å². The molecule has 1 atom stereocenters.